The van der Waals surface area contributed by atoms with Crippen LogP contribution in [-0.2, 0) is 6.42 Å². The second-order valence-corrected chi connectivity index (χ2v) is 3.15. The topological polar surface area (TPSA) is 64.9 Å². The van der Waals surface area contributed by atoms with E-state index in [9.17, 15) is 0 Å². The molecule has 13 heavy (non-hydrogen) atoms. The molecular formula is C9H17N3O. The van der Waals surface area contributed by atoms with Crippen molar-refractivity contribution in [3.8, 4) is 0 Å². The standard InChI is InChI=1S/C9H17N3O/c1-3-5-6-7(10)9-11-8(4-2)12-13-9/h7H,3-6,10H2,1-2H3. The minimum atomic E-state index is -0.0900. The molecule has 1 heterocycles. The van der Waals surface area contributed by atoms with Gasteiger partial charge < -0.3 is 10.3 Å². The Bertz CT molecular complexity index is 247. The van der Waals surface area contributed by atoms with Gasteiger partial charge in [0.2, 0.25) is 5.89 Å². The SMILES string of the molecule is CCCCC(N)c1nc(CC)no1. The summed E-state index contributed by atoms with van der Waals surface area (Å²) >= 11 is 0. The maximum Gasteiger partial charge on any atom is 0.243 e. The molecule has 0 amide bonds. The Morgan fingerprint density at radius 1 is 1.46 bits per heavy atom. The number of rotatable bonds is 5. The van der Waals surface area contributed by atoms with E-state index in [1.54, 1.807) is 0 Å². The first-order valence-corrected chi connectivity index (χ1v) is 4.86. The van der Waals surface area contributed by atoms with Gasteiger partial charge in [0.25, 0.3) is 0 Å². The number of aryl methyl sites for hydroxylation is 1. The van der Waals surface area contributed by atoms with Gasteiger partial charge in [-0.25, -0.2) is 0 Å². The van der Waals surface area contributed by atoms with Crippen LogP contribution in [-0.4, -0.2) is 10.1 Å². The predicted molar refractivity (Wildman–Crippen MR) is 50.1 cm³/mol. The van der Waals surface area contributed by atoms with Crippen LogP contribution in [0.4, 0.5) is 0 Å². The first-order chi connectivity index (χ1) is 6.27. The molecule has 0 spiro atoms. The minimum Gasteiger partial charge on any atom is -0.338 e. The molecule has 0 saturated carbocycles. The molecule has 0 aliphatic rings. The lowest BCUT2D eigenvalue weighted by Crippen LogP contribution is -2.10. The molecular weight excluding hydrogens is 166 g/mol. The van der Waals surface area contributed by atoms with Crippen LogP contribution in [0.15, 0.2) is 4.52 Å². The van der Waals surface area contributed by atoms with Crippen LogP contribution in [0.2, 0.25) is 0 Å². The number of unbranched alkanes of at least 4 members (excludes halogenated alkanes) is 1. The average Bonchev–Trinajstić information content (AvgIpc) is 2.62. The van der Waals surface area contributed by atoms with Gasteiger partial charge in [0.15, 0.2) is 5.82 Å². The van der Waals surface area contributed by atoms with E-state index < -0.39 is 0 Å². The van der Waals surface area contributed by atoms with E-state index in [1.165, 1.54) is 0 Å². The molecule has 1 aromatic rings. The highest BCUT2D eigenvalue weighted by Gasteiger charge is 2.12. The zero-order valence-electron chi connectivity index (χ0n) is 8.29. The van der Waals surface area contributed by atoms with E-state index in [-0.39, 0.29) is 6.04 Å². The fraction of sp³-hybridized carbons (Fsp3) is 0.778. The van der Waals surface area contributed by atoms with Crippen molar-refractivity contribution < 1.29 is 4.52 Å². The van der Waals surface area contributed by atoms with Gasteiger partial charge in [-0.2, -0.15) is 4.98 Å². The molecule has 0 aliphatic heterocycles. The fourth-order valence-corrected chi connectivity index (χ4v) is 1.11. The number of hydrogen-bond donors (Lipinski definition) is 1. The van der Waals surface area contributed by atoms with Gasteiger partial charge in [-0.15, -0.1) is 0 Å². The fourth-order valence-electron chi connectivity index (χ4n) is 1.11. The Balaban J connectivity index is 2.50. The van der Waals surface area contributed by atoms with E-state index >= 15 is 0 Å². The Labute approximate surface area is 78.5 Å². The lowest BCUT2D eigenvalue weighted by Gasteiger charge is -2.03. The summed E-state index contributed by atoms with van der Waals surface area (Å²) in [5.74, 6) is 1.31. The second-order valence-electron chi connectivity index (χ2n) is 3.15. The highest BCUT2D eigenvalue weighted by molar-refractivity contribution is 4.91. The third-order valence-electron chi connectivity index (χ3n) is 1.99. The first-order valence-electron chi connectivity index (χ1n) is 4.86. The van der Waals surface area contributed by atoms with Gasteiger partial charge in [0.1, 0.15) is 0 Å². The molecule has 4 heteroatoms. The van der Waals surface area contributed by atoms with E-state index in [2.05, 4.69) is 17.1 Å². The summed E-state index contributed by atoms with van der Waals surface area (Å²) in [5, 5.41) is 3.80. The summed E-state index contributed by atoms with van der Waals surface area (Å²) in [6, 6.07) is -0.0900. The van der Waals surface area contributed by atoms with Crippen LogP contribution in [0.3, 0.4) is 0 Å². The maximum absolute atomic E-state index is 5.85. The zero-order valence-corrected chi connectivity index (χ0v) is 8.29. The maximum atomic E-state index is 5.85. The van der Waals surface area contributed by atoms with E-state index in [0.29, 0.717) is 5.89 Å². The van der Waals surface area contributed by atoms with E-state index in [1.807, 2.05) is 6.92 Å². The van der Waals surface area contributed by atoms with Crippen molar-refractivity contribution in [3.05, 3.63) is 11.7 Å². The molecule has 0 radical (unpaired) electrons. The van der Waals surface area contributed by atoms with Gasteiger partial charge in [0.05, 0.1) is 6.04 Å². The lowest BCUT2D eigenvalue weighted by molar-refractivity contribution is 0.343. The summed E-state index contributed by atoms with van der Waals surface area (Å²) in [6.07, 6.45) is 3.96. The van der Waals surface area contributed by atoms with Crippen LogP contribution in [0.5, 0.6) is 0 Å². The molecule has 1 atom stereocenters. The normalized spacial score (nSPS) is 13.2. The molecule has 2 N–H and O–H groups in total. The zero-order chi connectivity index (χ0) is 9.68. The van der Waals surface area contributed by atoms with Crippen molar-refractivity contribution in [1.29, 1.82) is 0 Å². The molecule has 0 fully saturated rings. The average molecular weight is 183 g/mol. The summed E-state index contributed by atoms with van der Waals surface area (Å²) < 4.78 is 5.03. The number of hydrogen-bond acceptors (Lipinski definition) is 4. The molecule has 0 saturated heterocycles. The van der Waals surface area contributed by atoms with Crippen molar-refractivity contribution in [2.45, 2.75) is 45.6 Å². The summed E-state index contributed by atoms with van der Waals surface area (Å²) in [6.45, 7) is 4.13. The summed E-state index contributed by atoms with van der Waals surface area (Å²) in [5.41, 5.74) is 5.85. The number of aromatic nitrogens is 2. The lowest BCUT2D eigenvalue weighted by atomic mass is 10.1. The van der Waals surface area contributed by atoms with Crippen LogP contribution in [0.1, 0.15) is 50.9 Å². The van der Waals surface area contributed by atoms with Crippen molar-refractivity contribution in [2.75, 3.05) is 0 Å². The Morgan fingerprint density at radius 2 is 2.23 bits per heavy atom. The van der Waals surface area contributed by atoms with Crippen molar-refractivity contribution in [2.24, 2.45) is 5.73 Å². The van der Waals surface area contributed by atoms with Gasteiger partial charge in [-0.1, -0.05) is 31.8 Å². The molecule has 1 unspecified atom stereocenters. The minimum absolute atomic E-state index is 0.0900. The molecule has 0 bridgehead atoms. The van der Waals surface area contributed by atoms with Crippen molar-refractivity contribution in [3.63, 3.8) is 0 Å². The van der Waals surface area contributed by atoms with Crippen LogP contribution < -0.4 is 5.73 Å². The quantitative estimate of drug-likeness (QED) is 0.756. The third-order valence-corrected chi connectivity index (χ3v) is 1.99. The number of nitrogens with two attached hydrogens (primary N) is 1. The van der Waals surface area contributed by atoms with Crippen molar-refractivity contribution >= 4 is 0 Å². The third kappa shape index (κ3) is 2.81. The monoisotopic (exact) mass is 183 g/mol. The van der Waals surface area contributed by atoms with Crippen LogP contribution in [0, 0.1) is 0 Å². The molecule has 1 aromatic heterocycles. The predicted octanol–water partition coefficient (Wildman–Crippen LogP) is 1.82. The smallest absolute Gasteiger partial charge is 0.243 e. The van der Waals surface area contributed by atoms with Crippen LogP contribution in [0.25, 0.3) is 0 Å². The van der Waals surface area contributed by atoms with Gasteiger partial charge >= 0.3 is 0 Å². The Kier molecular flexibility index (Phi) is 3.89. The highest BCUT2D eigenvalue weighted by Crippen LogP contribution is 2.14. The molecule has 4 nitrogen and oxygen atoms in total. The number of nitrogens with zero attached hydrogens (tertiary/aromatic N) is 2. The Morgan fingerprint density at radius 3 is 2.77 bits per heavy atom. The Hall–Kier alpha value is -0.900. The van der Waals surface area contributed by atoms with Gasteiger partial charge in [-0.05, 0) is 6.42 Å². The van der Waals surface area contributed by atoms with Gasteiger partial charge in [-0.3, -0.25) is 0 Å². The second kappa shape index (κ2) is 4.97. The highest BCUT2D eigenvalue weighted by atomic mass is 16.5. The molecule has 0 aromatic carbocycles. The summed E-state index contributed by atoms with van der Waals surface area (Å²) in [4.78, 5) is 4.18. The largest absolute Gasteiger partial charge is 0.338 e. The molecule has 1 rings (SSSR count). The van der Waals surface area contributed by atoms with Gasteiger partial charge in [0, 0.05) is 6.42 Å². The summed E-state index contributed by atoms with van der Waals surface area (Å²) in [7, 11) is 0. The molecule has 0 aliphatic carbocycles. The van der Waals surface area contributed by atoms with Crippen molar-refractivity contribution in [1.82, 2.24) is 10.1 Å². The first kappa shape index (κ1) is 10.2. The van der Waals surface area contributed by atoms with E-state index in [0.717, 1.165) is 31.5 Å². The van der Waals surface area contributed by atoms with E-state index in [4.69, 9.17) is 10.3 Å². The van der Waals surface area contributed by atoms with Crippen LogP contribution >= 0.6 is 0 Å². The molecule has 74 valence electrons.